The van der Waals surface area contributed by atoms with Crippen LogP contribution < -0.4 is 11.1 Å². The summed E-state index contributed by atoms with van der Waals surface area (Å²) in [6.07, 6.45) is 0. The molecule has 0 aliphatic carbocycles. The van der Waals surface area contributed by atoms with Gasteiger partial charge in [0.05, 0.1) is 12.1 Å². The third-order valence-corrected chi connectivity index (χ3v) is 3.84. The number of nitrogens with two attached hydrogens (primary N) is 1. The van der Waals surface area contributed by atoms with Crippen LogP contribution in [-0.4, -0.2) is 18.4 Å². The largest absolute Gasteiger partial charge is 0.368 e. The second-order valence-electron chi connectivity index (χ2n) is 4.56. The fraction of sp³-hybridized carbons (Fsp3) is 0.125. The Morgan fingerprint density at radius 1 is 1.14 bits per heavy atom. The van der Waals surface area contributed by atoms with Gasteiger partial charge in [0.15, 0.2) is 0 Å². The zero-order valence-electron chi connectivity index (χ0n) is 11.6. The van der Waals surface area contributed by atoms with E-state index in [1.165, 1.54) is 11.8 Å². The molecule has 21 heavy (non-hydrogen) atoms. The van der Waals surface area contributed by atoms with E-state index >= 15 is 0 Å². The predicted octanol–water partition coefficient (Wildman–Crippen LogP) is 2.36. The first-order valence-electron chi connectivity index (χ1n) is 6.46. The number of rotatable bonds is 5. The van der Waals surface area contributed by atoms with Crippen molar-refractivity contribution >= 4 is 23.6 Å². The van der Waals surface area contributed by atoms with Gasteiger partial charge in [0, 0.05) is 9.79 Å². The molecule has 0 saturated carbocycles. The number of nitrogens with one attached hydrogen (secondary N) is 1. The van der Waals surface area contributed by atoms with Crippen molar-refractivity contribution in [3.63, 3.8) is 0 Å². The molecular weight excluding hydrogens is 284 g/mol. The Hall–Kier alpha value is -2.27. The van der Waals surface area contributed by atoms with E-state index in [9.17, 15) is 9.59 Å². The van der Waals surface area contributed by atoms with E-state index in [1.807, 2.05) is 49.4 Å². The monoisotopic (exact) mass is 300 g/mol. The van der Waals surface area contributed by atoms with E-state index in [-0.39, 0.29) is 12.5 Å². The van der Waals surface area contributed by atoms with Crippen LogP contribution >= 0.6 is 11.8 Å². The number of aryl methyl sites for hydroxylation is 1. The van der Waals surface area contributed by atoms with Crippen LogP contribution in [0, 0.1) is 6.92 Å². The molecule has 5 heteroatoms. The summed E-state index contributed by atoms with van der Waals surface area (Å²) in [4.78, 5) is 24.8. The number of hydrogen-bond donors (Lipinski definition) is 2. The first-order valence-corrected chi connectivity index (χ1v) is 7.28. The van der Waals surface area contributed by atoms with E-state index < -0.39 is 5.91 Å². The Labute approximate surface area is 127 Å². The minimum absolute atomic E-state index is 0.165. The summed E-state index contributed by atoms with van der Waals surface area (Å²) in [6.45, 7) is 1.81. The number of carbonyl (C=O) groups is 2. The molecule has 0 bridgehead atoms. The average molecular weight is 300 g/mol. The summed E-state index contributed by atoms with van der Waals surface area (Å²) in [5.74, 6) is -0.861. The molecule has 0 heterocycles. The van der Waals surface area contributed by atoms with Crippen molar-refractivity contribution < 1.29 is 9.59 Å². The Balaban J connectivity index is 2.25. The molecule has 108 valence electrons. The lowest BCUT2D eigenvalue weighted by molar-refractivity contribution is -0.117. The Morgan fingerprint density at radius 3 is 2.52 bits per heavy atom. The number of primary amides is 1. The van der Waals surface area contributed by atoms with E-state index in [2.05, 4.69) is 5.32 Å². The highest BCUT2D eigenvalue weighted by Gasteiger charge is 2.13. The maximum absolute atomic E-state index is 12.1. The Kier molecular flexibility index (Phi) is 5.00. The molecule has 2 aromatic carbocycles. The van der Waals surface area contributed by atoms with Gasteiger partial charge in [0.25, 0.3) is 5.91 Å². The second-order valence-corrected chi connectivity index (χ2v) is 5.68. The van der Waals surface area contributed by atoms with Crippen LogP contribution in [0.15, 0.2) is 58.3 Å². The number of amides is 2. The Morgan fingerprint density at radius 2 is 1.86 bits per heavy atom. The molecule has 0 aromatic heterocycles. The second kappa shape index (κ2) is 6.95. The van der Waals surface area contributed by atoms with Crippen molar-refractivity contribution in [2.24, 2.45) is 5.73 Å². The lowest BCUT2D eigenvalue weighted by atomic mass is 10.1. The summed E-state index contributed by atoms with van der Waals surface area (Å²) >= 11 is 1.51. The summed E-state index contributed by atoms with van der Waals surface area (Å²) in [5.41, 5.74) is 6.65. The van der Waals surface area contributed by atoms with Gasteiger partial charge >= 0.3 is 0 Å². The maximum atomic E-state index is 12.1. The SMILES string of the molecule is Cc1ccc(C(=O)NCC(N)=O)c(Sc2ccccc2)c1. The first-order chi connectivity index (χ1) is 10.1. The molecule has 0 spiro atoms. The molecule has 2 rings (SSSR count). The van der Waals surface area contributed by atoms with Gasteiger partial charge in [-0.2, -0.15) is 0 Å². The highest BCUT2D eigenvalue weighted by atomic mass is 32.2. The molecule has 0 saturated heterocycles. The minimum Gasteiger partial charge on any atom is -0.368 e. The normalized spacial score (nSPS) is 10.1. The fourth-order valence-electron chi connectivity index (χ4n) is 1.78. The topological polar surface area (TPSA) is 72.2 Å². The van der Waals surface area contributed by atoms with Crippen LogP contribution in [0.1, 0.15) is 15.9 Å². The molecule has 2 aromatic rings. The summed E-state index contributed by atoms with van der Waals surface area (Å²) in [7, 11) is 0. The highest BCUT2D eigenvalue weighted by Crippen LogP contribution is 2.31. The molecule has 0 radical (unpaired) electrons. The highest BCUT2D eigenvalue weighted by molar-refractivity contribution is 7.99. The number of benzene rings is 2. The predicted molar refractivity (Wildman–Crippen MR) is 83.3 cm³/mol. The van der Waals surface area contributed by atoms with Crippen molar-refractivity contribution in [2.75, 3.05) is 6.54 Å². The third kappa shape index (κ3) is 4.36. The molecular formula is C16H16N2O2S. The number of hydrogen-bond acceptors (Lipinski definition) is 3. The Bertz CT molecular complexity index is 657. The average Bonchev–Trinajstić information content (AvgIpc) is 2.46. The summed E-state index contributed by atoms with van der Waals surface area (Å²) < 4.78 is 0. The lowest BCUT2D eigenvalue weighted by Crippen LogP contribution is -2.33. The van der Waals surface area contributed by atoms with E-state index in [0.717, 1.165) is 15.4 Å². The van der Waals surface area contributed by atoms with Gasteiger partial charge in [-0.3, -0.25) is 9.59 Å². The van der Waals surface area contributed by atoms with Crippen LogP contribution in [0.25, 0.3) is 0 Å². The minimum atomic E-state index is -0.562. The van der Waals surface area contributed by atoms with Gasteiger partial charge in [-0.1, -0.05) is 36.0 Å². The zero-order chi connectivity index (χ0) is 15.2. The first kappa shape index (κ1) is 15.1. The van der Waals surface area contributed by atoms with Crippen molar-refractivity contribution in [1.29, 1.82) is 0 Å². The quantitative estimate of drug-likeness (QED) is 0.890. The van der Waals surface area contributed by atoms with Crippen molar-refractivity contribution in [1.82, 2.24) is 5.32 Å². The molecule has 0 aliphatic heterocycles. The summed E-state index contributed by atoms with van der Waals surface area (Å²) in [5, 5.41) is 2.52. The molecule has 0 fully saturated rings. The van der Waals surface area contributed by atoms with Crippen LogP contribution in [0.2, 0.25) is 0 Å². The molecule has 0 aliphatic rings. The lowest BCUT2D eigenvalue weighted by Gasteiger charge is -2.10. The van der Waals surface area contributed by atoms with Crippen molar-refractivity contribution in [3.05, 3.63) is 59.7 Å². The van der Waals surface area contributed by atoms with Crippen molar-refractivity contribution in [3.8, 4) is 0 Å². The van der Waals surface area contributed by atoms with E-state index in [4.69, 9.17) is 5.73 Å². The summed E-state index contributed by atoms with van der Waals surface area (Å²) in [6, 6.07) is 15.4. The van der Waals surface area contributed by atoms with E-state index in [1.54, 1.807) is 6.07 Å². The third-order valence-electron chi connectivity index (χ3n) is 2.78. The molecule has 3 N–H and O–H groups in total. The zero-order valence-corrected chi connectivity index (χ0v) is 12.4. The van der Waals surface area contributed by atoms with Gasteiger partial charge in [0.1, 0.15) is 0 Å². The van der Waals surface area contributed by atoms with Crippen molar-refractivity contribution in [2.45, 2.75) is 16.7 Å². The van der Waals surface area contributed by atoms with Gasteiger partial charge in [-0.15, -0.1) is 0 Å². The number of carbonyl (C=O) groups excluding carboxylic acids is 2. The molecule has 2 amide bonds. The van der Waals surface area contributed by atoms with Crippen LogP contribution in [0.5, 0.6) is 0 Å². The molecule has 0 unspecified atom stereocenters. The van der Waals surface area contributed by atoms with E-state index in [0.29, 0.717) is 5.56 Å². The molecule has 0 atom stereocenters. The fourth-order valence-corrected chi connectivity index (χ4v) is 2.84. The van der Waals surface area contributed by atoms with Gasteiger partial charge < -0.3 is 11.1 Å². The standard InChI is InChI=1S/C16H16N2O2S/c1-11-7-8-13(16(20)18-10-15(17)19)14(9-11)21-12-5-3-2-4-6-12/h2-9H,10H2,1H3,(H2,17,19)(H,18,20). The maximum Gasteiger partial charge on any atom is 0.252 e. The van der Waals surface area contributed by atoms with Crippen LogP contribution in [0.3, 0.4) is 0 Å². The van der Waals surface area contributed by atoms with Gasteiger partial charge in [-0.25, -0.2) is 0 Å². The van der Waals surface area contributed by atoms with Crippen LogP contribution in [-0.2, 0) is 4.79 Å². The molecule has 4 nitrogen and oxygen atoms in total. The van der Waals surface area contributed by atoms with Gasteiger partial charge in [-0.05, 0) is 36.8 Å². The van der Waals surface area contributed by atoms with Gasteiger partial charge in [0.2, 0.25) is 5.91 Å². The van der Waals surface area contributed by atoms with Crippen LogP contribution in [0.4, 0.5) is 0 Å². The smallest absolute Gasteiger partial charge is 0.252 e.